The van der Waals surface area contributed by atoms with Gasteiger partial charge in [0.1, 0.15) is 5.60 Å². The number of alkyl carbamates (subject to hydrolysis) is 1. The lowest BCUT2D eigenvalue weighted by Crippen LogP contribution is -2.39. The van der Waals surface area contributed by atoms with Crippen molar-refractivity contribution in [2.45, 2.75) is 102 Å². The highest BCUT2D eigenvalue weighted by molar-refractivity contribution is 5.67. The van der Waals surface area contributed by atoms with E-state index in [9.17, 15) is 9.90 Å². The zero-order chi connectivity index (χ0) is 19.9. The van der Waals surface area contributed by atoms with Gasteiger partial charge in [0.05, 0.1) is 17.8 Å². The van der Waals surface area contributed by atoms with Gasteiger partial charge in [0.15, 0.2) is 0 Å². The number of rotatable bonds is 5. The summed E-state index contributed by atoms with van der Waals surface area (Å²) >= 11 is 0. The molecule has 0 saturated heterocycles. The molecular weight excluding hydrogens is 354 g/mol. The maximum absolute atomic E-state index is 11.8. The summed E-state index contributed by atoms with van der Waals surface area (Å²) in [5.41, 5.74) is 2.33. The fourth-order valence-electron chi connectivity index (χ4n) is 4.61. The van der Waals surface area contributed by atoms with Gasteiger partial charge in [-0.15, -0.1) is 0 Å². The molecule has 3 saturated carbocycles. The Labute approximate surface area is 168 Å². The molecule has 6 heteroatoms. The van der Waals surface area contributed by atoms with Crippen LogP contribution in [-0.4, -0.2) is 39.2 Å². The van der Waals surface area contributed by atoms with Crippen molar-refractivity contribution in [3.8, 4) is 0 Å². The first-order valence-corrected chi connectivity index (χ1v) is 11.0. The van der Waals surface area contributed by atoms with Crippen molar-refractivity contribution in [2.24, 2.45) is 5.92 Å². The van der Waals surface area contributed by atoms with Crippen LogP contribution in [0, 0.1) is 5.92 Å². The SMILES string of the molecule is CC(C)(C)OC(=O)NCC1CC(n2cc(C3CCC(O)CC3)c(C3CC3)n2)C1. The standard InChI is InChI=1S/C22H35N3O3/c1-22(2,3)28-21(27)23-12-14-10-17(11-14)25-13-19(20(24-25)16-4-5-16)15-6-8-18(26)9-7-15/h13-18,26H,4-12H2,1-3H3,(H,23,27). The molecule has 28 heavy (non-hydrogen) atoms. The van der Waals surface area contributed by atoms with Crippen molar-refractivity contribution in [2.75, 3.05) is 6.54 Å². The Morgan fingerprint density at radius 3 is 2.43 bits per heavy atom. The predicted molar refractivity (Wildman–Crippen MR) is 107 cm³/mol. The summed E-state index contributed by atoms with van der Waals surface area (Å²) in [7, 11) is 0. The summed E-state index contributed by atoms with van der Waals surface area (Å²) in [6, 6.07) is 0.450. The number of ether oxygens (including phenoxy) is 1. The second-order valence-electron chi connectivity index (χ2n) is 10.1. The first-order valence-electron chi connectivity index (χ1n) is 11.0. The quantitative estimate of drug-likeness (QED) is 0.789. The molecule has 2 N–H and O–H groups in total. The lowest BCUT2D eigenvalue weighted by atomic mass is 9.80. The van der Waals surface area contributed by atoms with Crippen LogP contribution in [0.15, 0.2) is 6.20 Å². The second-order valence-corrected chi connectivity index (χ2v) is 10.1. The number of nitrogens with zero attached hydrogens (tertiary/aromatic N) is 2. The minimum atomic E-state index is -0.452. The Balaban J connectivity index is 1.31. The minimum Gasteiger partial charge on any atom is -0.444 e. The molecular formula is C22H35N3O3. The first-order chi connectivity index (χ1) is 13.3. The van der Waals surface area contributed by atoms with Crippen molar-refractivity contribution in [1.29, 1.82) is 0 Å². The number of carbonyl (C=O) groups excluding carboxylic acids is 1. The third-order valence-electron chi connectivity index (χ3n) is 6.41. The highest BCUT2D eigenvalue weighted by atomic mass is 16.6. The van der Waals surface area contributed by atoms with E-state index >= 15 is 0 Å². The molecule has 6 nitrogen and oxygen atoms in total. The van der Waals surface area contributed by atoms with E-state index in [-0.39, 0.29) is 12.2 Å². The number of nitrogens with one attached hydrogen (secondary N) is 1. The fourth-order valence-corrected chi connectivity index (χ4v) is 4.61. The van der Waals surface area contributed by atoms with E-state index in [0.717, 1.165) is 38.5 Å². The number of aliphatic hydroxyl groups excluding tert-OH is 1. The van der Waals surface area contributed by atoms with Gasteiger partial charge in [-0.05, 0) is 89.5 Å². The van der Waals surface area contributed by atoms with Crippen molar-refractivity contribution >= 4 is 6.09 Å². The zero-order valence-corrected chi connectivity index (χ0v) is 17.5. The molecule has 1 aromatic heterocycles. The van der Waals surface area contributed by atoms with Crippen molar-refractivity contribution in [1.82, 2.24) is 15.1 Å². The van der Waals surface area contributed by atoms with Gasteiger partial charge in [0, 0.05) is 18.7 Å². The topological polar surface area (TPSA) is 76.4 Å². The van der Waals surface area contributed by atoms with Crippen LogP contribution in [-0.2, 0) is 4.74 Å². The number of aliphatic hydroxyl groups is 1. The third kappa shape index (κ3) is 4.70. The van der Waals surface area contributed by atoms with E-state index in [0.29, 0.717) is 30.3 Å². The Hall–Kier alpha value is -1.56. The summed E-state index contributed by atoms with van der Waals surface area (Å²) in [4.78, 5) is 11.8. The highest BCUT2D eigenvalue weighted by Crippen LogP contribution is 2.46. The first kappa shape index (κ1) is 19.7. The molecule has 1 aromatic rings. The molecule has 3 aliphatic carbocycles. The molecule has 0 bridgehead atoms. The lowest BCUT2D eigenvalue weighted by Gasteiger charge is -2.35. The second kappa shape index (κ2) is 7.69. The number of amides is 1. The van der Waals surface area contributed by atoms with E-state index in [1.165, 1.54) is 24.1 Å². The van der Waals surface area contributed by atoms with Gasteiger partial charge in [0.25, 0.3) is 0 Å². The largest absolute Gasteiger partial charge is 0.444 e. The van der Waals surface area contributed by atoms with Crippen LogP contribution < -0.4 is 5.32 Å². The number of aromatic nitrogens is 2. The monoisotopic (exact) mass is 389 g/mol. The molecule has 1 amide bonds. The Morgan fingerprint density at radius 1 is 1.18 bits per heavy atom. The summed E-state index contributed by atoms with van der Waals surface area (Å²) in [6.07, 6.45) is 10.5. The van der Waals surface area contributed by atoms with Gasteiger partial charge in [-0.3, -0.25) is 4.68 Å². The number of hydrogen-bond donors (Lipinski definition) is 2. The molecule has 0 radical (unpaired) electrons. The van der Waals surface area contributed by atoms with Crippen LogP contribution in [0.1, 0.15) is 101 Å². The Bertz CT molecular complexity index is 690. The van der Waals surface area contributed by atoms with Gasteiger partial charge < -0.3 is 15.2 Å². The maximum Gasteiger partial charge on any atom is 0.407 e. The van der Waals surface area contributed by atoms with Crippen molar-refractivity contribution in [3.05, 3.63) is 17.5 Å². The van der Waals surface area contributed by atoms with Gasteiger partial charge >= 0.3 is 6.09 Å². The summed E-state index contributed by atoms with van der Waals surface area (Å²) < 4.78 is 7.52. The molecule has 1 heterocycles. The smallest absolute Gasteiger partial charge is 0.407 e. The summed E-state index contributed by atoms with van der Waals surface area (Å²) in [5.74, 6) is 1.73. The Kier molecular flexibility index (Phi) is 5.43. The van der Waals surface area contributed by atoms with Crippen LogP contribution in [0.5, 0.6) is 0 Å². The maximum atomic E-state index is 11.8. The van der Waals surface area contributed by atoms with E-state index in [4.69, 9.17) is 9.84 Å². The Morgan fingerprint density at radius 2 is 1.82 bits per heavy atom. The molecule has 4 rings (SSSR count). The lowest BCUT2D eigenvalue weighted by molar-refractivity contribution is 0.0498. The fraction of sp³-hybridized carbons (Fsp3) is 0.818. The van der Waals surface area contributed by atoms with Crippen LogP contribution in [0.4, 0.5) is 4.79 Å². The van der Waals surface area contributed by atoms with E-state index in [1.807, 2.05) is 20.8 Å². The highest BCUT2D eigenvalue weighted by Gasteiger charge is 2.37. The van der Waals surface area contributed by atoms with Crippen LogP contribution in [0.25, 0.3) is 0 Å². The molecule has 0 unspecified atom stereocenters. The van der Waals surface area contributed by atoms with Crippen LogP contribution in [0.3, 0.4) is 0 Å². The number of carbonyl (C=O) groups is 1. The summed E-state index contributed by atoms with van der Waals surface area (Å²) in [6.45, 7) is 6.32. The molecule has 0 atom stereocenters. The zero-order valence-electron chi connectivity index (χ0n) is 17.5. The molecule has 0 aromatic carbocycles. The van der Waals surface area contributed by atoms with Crippen LogP contribution in [0.2, 0.25) is 0 Å². The minimum absolute atomic E-state index is 0.111. The van der Waals surface area contributed by atoms with Gasteiger partial charge in [-0.2, -0.15) is 5.10 Å². The van der Waals surface area contributed by atoms with Gasteiger partial charge in [0.2, 0.25) is 0 Å². The molecule has 3 aliphatic rings. The molecule has 0 aliphatic heterocycles. The van der Waals surface area contributed by atoms with Gasteiger partial charge in [-0.1, -0.05) is 0 Å². The van der Waals surface area contributed by atoms with Crippen molar-refractivity contribution < 1.29 is 14.6 Å². The summed E-state index contributed by atoms with van der Waals surface area (Å²) in [5, 5.41) is 17.7. The van der Waals surface area contributed by atoms with E-state index < -0.39 is 5.60 Å². The predicted octanol–water partition coefficient (Wildman–Crippen LogP) is 4.25. The van der Waals surface area contributed by atoms with Crippen molar-refractivity contribution in [3.63, 3.8) is 0 Å². The van der Waals surface area contributed by atoms with E-state index in [2.05, 4.69) is 16.2 Å². The number of hydrogen-bond acceptors (Lipinski definition) is 4. The third-order valence-corrected chi connectivity index (χ3v) is 6.41. The van der Waals surface area contributed by atoms with Gasteiger partial charge in [-0.25, -0.2) is 4.79 Å². The van der Waals surface area contributed by atoms with E-state index in [1.54, 1.807) is 0 Å². The van der Waals surface area contributed by atoms with Crippen LogP contribution >= 0.6 is 0 Å². The average molecular weight is 390 g/mol. The average Bonchev–Trinajstić information content (AvgIpc) is 3.33. The molecule has 0 spiro atoms. The normalized spacial score (nSPS) is 30.6. The molecule has 156 valence electrons. The molecule has 3 fully saturated rings.